The first-order chi connectivity index (χ1) is 5.97. The summed E-state index contributed by atoms with van der Waals surface area (Å²) >= 11 is 0. The van der Waals surface area contributed by atoms with Gasteiger partial charge in [-0.25, -0.2) is 0 Å². The maximum Gasteiger partial charge on any atom is 0.119 e. The van der Waals surface area contributed by atoms with E-state index in [1.807, 2.05) is 45.0 Å². The van der Waals surface area contributed by atoms with Gasteiger partial charge in [-0.15, -0.1) is 0 Å². The molecule has 0 spiro atoms. The second-order valence-electron chi connectivity index (χ2n) is 4.09. The quantitative estimate of drug-likeness (QED) is 0.771. The maximum absolute atomic E-state index is 5.80. The molecule has 0 bridgehead atoms. The fourth-order valence-electron chi connectivity index (χ4n) is 0.974. The zero-order valence-electron chi connectivity index (χ0n) is 8.50. The van der Waals surface area contributed by atoms with Crippen molar-refractivity contribution in [2.75, 3.05) is 6.61 Å². The van der Waals surface area contributed by atoms with Gasteiger partial charge in [-0.2, -0.15) is 0 Å². The van der Waals surface area contributed by atoms with Crippen LogP contribution < -0.4 is 10.5 Å². The lowest BCUT2D eigenvalue weighted by Crippen LogP contribution is -2.38. The number of ether oxygens (including phenoxy) is 1. The fourth-order valence-corrected chi connectivity index (χ4v) is 0.974. The minimum absolute atomic E-state index is 0.274. The molecule has 0 saturated carbocycles. The molecule has 0 aliphatic carbocycles. The molecule has 0 saturated heterocycles. The van der Waals surface area contributed by atoms with Crippen LogP contribution in [0, 0.1) is 6.92 Å². The smallest absolute Gasteiger partial charge is 0.119 e. The van der Waals surface area contributed by atoms with Gasteiger partial charge in [0.25, 0.3) is 0 Å². The summed E-state index contributed by atoms with van der Waals surface area (Å²) in [4.78, 5) is 0. The molecule has 0 unspecified atom stereocenters. The summed E-state index contributed by atoms with van der Waals surface area (Å²) in [5, 5.41) is 0. The normalized spacial score (nSPS) is 11.4. The number of hydrogen-bond donors (Lipinski definition) is 1. The van der Waals surface area contributed by atoms with Crippen LogP contribution in [0.5, 0.6) is 5.75 Å². The van der Waals surface area contributed by atoms with E-state index >= 15 is 0 Å². The van der Waals surface area contributed by atoms with E-state index in [0.717, 1.165) is 5.75 Å². The maximum atomic E-state index is 5.80. The molecule has 1 rings (SSSR count). The molecule has 13 heavy (non-hydrogen) atoms. The fraction of sp³-hybridized carbons (Fsp3) is 0.455. The van der Waals surface area contributed by atoms with Crippen molar-refractivity contribution in [3.63, 3.8) is 0 Å². The van der Waals surface area contributed by atoms with Crippen LogP contribution in [0.2, 0.25) is 0 Å². The van der Waals surface area contributed by atoms with Crippen molar-refractivity contribution < 1.29 is 4.74 Å². The van der Waals surface area contributed by atoms with Gasteiger partial charge in [0.1, 0.15) is 12.4 Å². The third-order valence-electron chi connectivity index (χ3n) is 1.60. The van der Waals surface area contributed by atoms with Crippen LogP contribution in [0.15, 0.2) is 24.3 Å². The van der Waals surface area contributed by atoms with Crippen molar-refractivity contribution in [2.45, 2.75) is 26.3 Å². The molecule has 1 aromatic rings. The Morgan fingerprint density at radius 2 is 2.08 bits per heavy atom. The van der Waals surface area contributed by atoms with Crippen LogP contribution in [-0.4, -0.2) is 12.1 Å². The zero-order valence-corrected chi connectivity index (χ0v) is 8.50. The minimum atomic E-state index is -0.274. The minimum Gasteiger partial charge on any atom is -0.492 e. The number of rotatable bonds is 3. The molecule has 2 nitrogen and oxygen atoms in total. The lowest BCUT2D eigenvalue weighted by atomic mass is 10.1. The molecule has 0 heterocycles. The van der Waals surface area contributed by atoms with Crippen LogP contribution in [0.3, 0.4) is 0 Å². The van der Waals surface area contributed by atoms with Crippen LogP contribution in [-0.2, 0) is 0 Å². The molecule has 0 amide bonds. The highest BCUT2D eigenvalue weighted by Gasteiger charge is 2.10. The van der Waals surface area contributed by atoms with E-state index in [0.29, 0.717) is 6.61 Å². The molecule has 0 fully saturated rings. The predicted molar refractivity (Wildman–Crippen MR) is 54.9 cm³/mol. The monoisotopic (exact) mass is 179 g/mol. The number of aryl methyl sites for hydroxylation is 1. The summed E-state index contributed by atoms with van der Waals surface area (Å²) in [5.41, 5.74) is 6.72. The lowest BCUT2D eigenvalue weighted by Gasteiger charge is -2.19. The first kappa shape index (κ1) is 10.1. The van der Waals surface area contributed by atoms with Gasteiger partial charge in [0.15, 0.2) is 0 Å². The topological polar surface area (TPSA) is 35.2 Å². The Kier molecular flexibility index (Phi) is 2.94. The summed E-state index contributed by atoms with van der Waals surface area (Å²) < 4.78 is 5.53. The molecule has 0 radical (unpaired) electrons. The Labute approximate surface area is 79.7 Å². The molecule has 0 aliphatic heterocycles. The average Bonchev–Trinajstić information content (AvgIpc) is 2.00. The van der Waals surface area contributed by atoms with Crippen LogP contribution in [0.4, 0.5) is 0 Å². The van der Waals surface area contributed by atoms with E-state index in [2.05, 4.69) is 0 Å². The van der Waals surface area contributed by atoms with E-state index in [1.54, 1.807) is 0 Å². The number of benzene rings is 1. The van der Waals surface area contributed by atoms with Crippen LogP contribution in [0.1, 0.15) is 19.4 Å². The number of hydrogen-bond acceptors (Lipinski definition) is 2. The number of nitrogens with two attached hydrogens (primary N) is 1. The summed E-state index contributed by atoms with van der Waals surface area (Å²) in [5.74, 6) is 0.888. The van der Waals surface area contributed by atoms with E-state index in [1.165, 1.54) is 5.56 Å². The van der Waals surface area contributed by atoms with E-state index < -0.39 is 0 Å². The zero-order chi connectivity index (χ0) is 9.90. The van der Waals surface area contributed by atoms with Crippen molar-refractivity contribution >= 4 is 0 Å². The summed E-state index contributed by atoms with van der Waals surface area (Å²) in [6.07, 6.45) is 0. The average molecular weight is 179 g/mol. The van der Waals surface area contributed by atoms with Crippen molar-refractivity contribution in [3.8, 4) is 5.75 Å². The molecular formula is C11H17NO. The Hall–Kier alpha value is -1.02. The van der Waals surface area contributed by atoms with Gasteiger partial charge in [-0.1, -0.05) is 12.1 Å². The molecule has 2 heteroatoms. The molecular weight excluding hydrogens is 162 g/mol. The van der Waals surface area contributed by atoms with Crippen LogP contribution >= 0.6 is 0 Å². The van der Waals surface area contributed by atoms with Crippen molar-refractivity contribution in [1.82, 2.24) is 0 Å². The molecule has 1 aromatic carbocycles. The third-order valence-corrected chi connectivity index (χ3v) is 1.60. The van der Waals surface area contributed by atoms with E-state index in [-0.39, 0.29) is 5.54 Å². The van der Waals surface area contributed by atoms with Gasteiger partial charge in [-0.05, 0) is 38.5 Å². The standard InChI is InChI=1S/C11H17NO/c1-9-5-4-6-10(7-9)13-8-11(2,3)12/h4-7H,8,12H2,1-3H3. The molecule has 0 aliphatic rings. The van der Waals surface area contributed by atoms with Crippen molar-refractivity contribution in [3.05, 3.63) is 29.8 Å². The lowest BCUT2D eigenvalue weighted by molar-refractivity contribution is 0.243. The Morgan fingerprint density at radius 1 is 1.38 bits per heavy atom. The van der Waals surface area contributed by atoms with Gasteiger partial charge >= 0.3 is 0 Å². The SMILES string of the molecule is Cc1cccc(OCC(C)(C)N)c1. The highest BCUT2D eigenvalue weighted by molar-refractivity contribution is 5.27. The predicted octanol–water partition coefficient (Wildman–Crippen LogP) is 2.11. The molecule has 0 aromatic heterocycles. The van der Waals surface area contributed by atoms with E-state index in [9.17, 15) is 0 Å². The van der Waals surface area contributed by atoms with E-state index in [4.69, 9.17) is 10.5 Å². The summed E-state index contributed by atoms with van der Waals surface area (Å²) in [6, 6.07) is 7.97. The first-order valence-electron chi connectivity index (χ1n) is 4.46. The summed E-state index contributed by atoms with van der Waals surface area (Å²) in [7, 11) is 0. The van der Waals surface area contributed by atoms with Gasteiger partial charge in [0, 0.05) is 5.54 Å². The molecule has 2 N–H and O–H groups in total. The molecule has 0 atom stereocenters. The van der Waals surface area contributed by atoms with Crippen molar-refractivity contribution in [2.24, 2.45) is 5.73 Å². The molecule has 72 valence electrons. The Morgan fingerprint density at radius 3 is 2.62 bits per heavy atom. The third kappa shape index (κ3) is 3.95. The highest BCUT2D eigenvalue weighted by atomic mass is 16.5. The Balaban J connectivity index is 2.55. The highest BCUT2D eigenvalue weighted by Crippen LogP contribution is 2.13. The first-order valence-corrected chi connectivity index (χ1v) is 4.46. The van der Waals surface area contributed by atoms with Crippen molar-refractivity contribution in [1.29, 1.82) is 0 Å². The summed E-state index contributed by atoms with van der Waals surface area (Å²) in [6.45, 7) is 6.47. The Bertz CT molecular complexity index is 276. The largest absolute Gasteiger partial charge is 0.492 e. The second-order valence-corrected chi connectivity index (χ2v) is 4.09. The van der Waals surface area contributed by atoms with Gasteiger partial charge in [-0.3, -0.25) is 0 Å². The van der Waals surface area contributed by atoms with Gasteiger partial charge in [0.2, 0.25) is 0 Å². The van der Waals surface area contributed by atoms with Gasteiger partial charge in [0.05, 0.1) is 0 Å². The van der Waals surface area contributed by atoms with Crippen LogP contribution in [0.25, 0.3) is 0 Å². The van der Waals surface area contributed by atoms with Gasteiger partial charge < -0.3 is 10.5 Å². The second kappa shape index (κ2) is 3.79.